The maximum Gasteiger partial charge on any atom is 0.319 e. The van der Waals surface area contributed by atoms with Crippen molar-refractivity contribution in [1.82, 2.24) is 25.0 Å². The third-order valence-corrected chi connectivity index (χ3v) is 5.83. The minimum Gasteiger partial charge on any atom is -0.339 e. The number of hydrogen-bond donors (Lipinski definition) is 2. The quantitative estimate of drug-likeness (QED) is 0.793. The molecule has 1 aromatic heterocycles. The Bertz CT molecular complexity index is 888. The molecular weight excluding hydrogens is 380 g/mol. The number of nitrogens with one attached hydrogen (secondary N) is 2. The number of amides is 3. The van der Waals surface area contributed by atoms with E-state index in [9.17, 15) is 9.59 Å². The Morgan fingerprint density at radius 1 is 0.967 bits per heavy atom. The Labute approximate surface area is 177 Å². The van der Waals surface area contributed by atoms with E-state index in [4.69, 9.17) is 0 Å². The minimum atomic E-state index is -0.284. The number of urea groups is 1. The molecule has 0 atom stereocenters. The van der Waals surface area contributed by atoms with Gasteiger partial charge < -0.3 is 20.1 Å². The molecule has 0 spiro atoms. The molecule has 2 N–H and O–H groups in total. The number of fused-ring (bicyclic) bond motifs is 1. The van der Waals surface area contributed by atoms with E-state index in [0.29, 0.717) is 24.2 Å². The van der Waals surface area contributed by atoms with Gasteiger partial charge in [0.25, 0.3) is 5.91 Å². The lowest BCUT2D eigenvalue weighted by Crippen LogP contribution is -2.35. The van der Waals surface area contributed by atoms with Crippen LogP contribution >= 0.6 is 0 Å². The van der Waals surface area contributed by atoms with Gasteiger partial charge in [0.2, 0.25) is 0 Å². The Morgan fingerprint density at radius 2 is 1.77 bits per heavy atom. The highest BCUT2D eigenvalue weighted by atomic mass is 16.2. The normalized spacial score (nSPS) is 16.5. The first kappa shape index (κ1) is 20.4. The zero-order chi connectivity index (χ0) is 20.8. The first-order chi connectivity index (χ1) is 14.7. The number of carbonyl (C=O) groups is 2. The first-order valence-electron chi connectivity index (χ1n) is 11.1. The Hall–Kier alpha value is -2.90. The van der Waals surface area contributed by atoms with Gasteiger partial charge in [0.05, 0.1) is 0 Å². The van der Waals surface area contributed by atoms with E-state index >= 15 is 0 Å². The van der Waals surface area contributed by atoms with Crippen molar-refractivity contribution >= 4 is 17.6 Å². The Kier molecular flexibility index (Phi) is 6.61. The van der Waals surface area contributed by atoms with Gasteiger partial charge in [-0.3, -0.25) is 4.79 Å². The molecule has 0 unspecified atom stereocenters. The summed E-state index contributed by atoms with van der Waals surface area (Å²) in [6.45, 7) is 3.06. The molecule has 30 heavy (non-hydrogen) atoms. The summed E-state index contributed by atoms with van der Waals surface area (Å²) >= 11 is 0. The van der Waals surface area contributed by atoms with Crippen LogP contribution in [-0.2, 0) is 19.4 Å². The number of piperidine rings is 1. The molecule has 8 nitrogen and oxygen atoms in total. The highest BCUT2D eigenvalue weighted by Crippen LogP contribution is 2.17. The Balaban J connectivity index is 1.28. The average molecular weight is 411 g/mol. The molecule has 0 radical (unpaired) electrons. The van der Waals surface area contributed by atoms with Gasteiger partial charge in [-0.15, -0.1) is 10.2 Å². The SMILES string of the molecule is O=C(NCCc1nnc2n1CCCCC2)Nc1cccc(C(=O)N2CCCCC2)c1. The number of rotatable bonds is 5. The average Bonchev–Trinajstić information content (AvgIpc) is 3.00. The fourth-order valence-electron chi connectivity index (χ4n) is 4.20. The second-order valence-electron chi connectivity index (χ2n) is 8.06. The fraction of sp³-hybridized carbons (Fsp3) is 0.545. The van der Waals surface area contributed by atoms with Crippen molar-refractivity contribution in [2.45, 2.75) is 57.9 Å². The summed E-state index contributed by atoms with van der Waals surface area (Å²) in [6.07, 6.45) is 8.46. The molecule has 3 amide bonds. The molecule has 2 aliphatic heterocycles. The van der Waals surface area contributed by atoms with E-state index < -0.39 is 0 Å². The van der Waals surface area contributed by atoms with E-state index in [0.717, 1.165) is 63.4 Å². The lowest BCUT2D eigenvalue weighted by Gasteiger charge is -2.26. The van der Waals surface area contributed by atoms with Crippen molar-refractivity contribution in [1.29, 1.82) is 0 Å². The third-order valence-electron chi connectivity index (χ3n) is 5.83. The van der Waals surface area contributed by atoms with Gasteiger partial charge in [0, 0.05) is 50.3 Å². The zero-order valence-electron chi connectivity index (χ0n) is 17.4. The van der Waals surface area contributed by atoms with E-state index in [1.807, 2.05) is 4.90 Å². The summed E-state index contributed by atoms with van der Waals surface area (Å²) in [5.74, 6) is 2.02. The summed E-state index contributed by atoms with van der Waals surface area (Å²) in [6, 6.07) is 6.86. The minimum absolute atomic E-state index is 0.0336. The molecule has 3 heterocycles. The van der Waals surface area contributed by atoms with Crippen LogP contribution in [0, 0.1) is 0 Å². The maximum atomic E-state index is 12.7. The second kappa shape index (κ2) is 9.73. The van der Waals surface area contributed by atoms with E-state index in [-0.39, 0.29) is 11.9 Å². The van der Waals surface area contributed by atoms with Crippen LogP contribution in [0.25, 0.3) is 0 Å². The van der Waals surface area contributed by atoms with Gasteiger partial charge in [0.15, 0.2) is 0 Å². The van der Waals surface area contributed by atoms with Gasteiger partial charge >= 0.3 is 6.03 Å². The van der Waals surface area contributed by atoms with Crippen molar-refractivity contribution in [3.63, 3.8) is 0 Å². The third kappa shape index (κ3) is 4.98. The molecule has 0 aliphatic carbocycles. The van der Waals surface area contributed by atoms with Crippen molar-refractivity contribution in [3.05, 3.63) is 41.5 Å². The number of benzene rings is 1. The van der Waals surface area contributed by atoms with E-state index in [1.54, 1.807) is 24.3 Å². The lowest BCUT2D eigenvalue weighted by atomic mass is 10.1. The van der Waals surface area contributed by atoms with Crippen LogP contribution in [0.15, 0.2) is 24.3 Å². The van der Waals surface area contributed by atoms with Crippen LogP contribution in [0.5, 0.6) is 0 Å². The molecule has 1 aromatic carbocycles. The molecule has 4 rings (SSSR count). The summed E-state index contributed by atoms with van der Waals surface area (Å²) < 4.78 is 2.20. The fourth-order valence-corrected chi connectivity index (χ4v) is 4.20. The summed E-state index contributed by atoms with van der Waals surface area (Å²) in [5, 5.41) is 14.3. The standard InChI is InChI=1S/C22H30N6O2/c29-21(27-13-4-2-5-14-27)17-8-7-9-18(16-17)24-22(30)23-12-11-20-26-25-19-10-3-1-6-15-28(19)20/h7-9,16H,1-6,10-15H2,(H2,23,24,30). The number of carbonyl (C=O) groups excluding carboxylic acids is 2. The first-order valence-corrected chi connectivity index (χ1v) is 11.1. The Morgan fingerprint density at radius 3 is 2.63 bits per heavy atom. The molecular formula is C22H30N6O2. The highest BCUT2D eigenvalue weighted by molar-refractivity contribution is 5.97. The van der Waals surface area contributed by atoms with Crippen molar-refractivity contribution in [2.24, 2.45) is 0 Å². The van der Waals surface area contributed by atoms with Crippen LogP contribution in [-0.4, -0.2) is 51.2 Å². The number of aromatic nitrogens is 3. The van der Waals surface area contributed by atoms with E-state index in [1.165, 1.54) is 12.8 Å². The number of aryl methyl sites for hydroxylation is 1. The number of anilines is 1. The van der Waals surface area contributed by atoms with Gasteiger partial charge in [-0.25, -0.2) is 4.79 Å². The molecule has 0 saturated carbocycles. The van der Waals surface area contributed by atoms with Crippen LogP contribution in [0.2, 0.25) is 0 Å². The number of nitrogens with zero attached hydrogens (tertiary/aromatic N) is 4. The van der Waals surface area contributed by atoms with Gasteiger partial charge in [0.1, 0.15) is 11.6 Å². The summed E-state index contributed by atoms with van der Waals surface area (Å²) in [4.78, 5) is 26.9. The topological polar surface area (TPSA) is 92.1 Å². The van der Waals surface area contributed by atoms with E-state index in [2.05, 4.69) is 25.4 Å². The second-order valence-corrected chi connectivity index (χ2v) is 8.06. The monoisotopic (exact) mass is 410 g/mol. The maximum absolute atomic E-state index is 12.7. The molecule has 1 saturated heterocycles. The number of hydrogen-bond acceptors (Lipinski definition) is 4. The van der Waals surface area contributed by atoms with Crippen LogP contribution in [0.3, 0.4) is 0 Å². The van der Waals surface area contributed by atoms with Crippen molar-refractivity contribution in [3.8, 4) is 0 Å². The zero-order valence-corrected chi connectivity index (χ0v) is 17.4. The largest absolute Gasteiger partial charge is 0.339 e. The van der Waals surface area contributed by atoms with Gasteiger partial charge in [-0.05, 0) is 50.3 Å². The van der Waals surface area contributed by atoms with Crippen LogP contribution < -0.4 is 10.6 Å². The lowest BCUT2D eigenvalue weighted by molar-refractivity contribution is 0.0724. The molecule has 0 bridgehead atoms. The molecule has 160 valence electrons. The van der Waals surface area contributed by atoms with Gasteiger partial charge in [-0.2, -0.15) is 0 Å². The van der Waals surface area contributed by atoms with Gasteiger partial charge in [-0.1, -0.05) is 12.5 Å². The predicted octanol–water partition coefficient (Wildman–Crippen LogP) is 2.99. The molecule has 2 aromatic rings. The van der Waals surface area contributed by atoms with Crippen LogP contribution in [0.1, 0.15) is 60.5 Å². The molecule has 2 aliphatic rings. The smallest absolute Gasteiger partial charge is 0.319 e. The predicted molar refractivity (Wildman–Crippen MR) is 114 cm³/mol. The number of likely N-dealkylation sites (tertiary alicyclic amines) is 1. The highest BCUT2D eigenvalue weighted by Gasteiger charge is 2.18. The van der Waals surface area contributed by atoms with Crippen molar-refractivity contribution < 1.29 is 9.59 Å². The van der Waals surface area contributed by atoms with Crippen molar-refractivity contribution in [2.75, 3.05) is 25.0 Å². The summed E-state index contributed by atoms with van der Waals surface area (Å²) in [5.41, 5.74) is 1.23. The molecule has 8 heteroatoms. The molecule has 1 fully saturated rings. The summed E-state index contributed by atoms with van der Waals surface area (Å²) in [7, 11) is 0. The van der Waals surface area contributed by atoms with Crippen LogP contribution in [0.4, 0.5) is 10.5 Å².